The number of amides is 1. The van der Waals surface area contributed by atoms with Crippen molar-refractivity contribution in [3.05, 3.63) is 48.0 Å². The summed E-state index contributed by atoms with van der Waals surface area (Å²) < 4.78 is 0. The monoisotopic (exact) mass is 363 g/mol. The van der Waals surface area contributed by atoms with Gasteiger partial charge in [0, 0.05) is 41.9 Å². The predicted octanol–water partition coefficient (Wildman–Crippen LogP) is 3.53. The molecule has 2 saturated carbocycles. The number of rotatable bonds is 2. The first-order chi connectivity index (χ1) is 13.1. The van der Waals surface area contributed by atoms with E-state index in [0.29, 0.717) is 11.8 Å². The Balaban J connectivity index is 1.62. The zero-order valence-electron chi connectivity index (χ0n) is 16.1. The normalized spacial score (nSPS) is 49.4. The number of aliphatic hydroxyl groups excluding tert-OH is 1. The lowest BCUT2D eigenvalue weighted by Gasteiger charge is -2.52. The predicted molar refractivity (Wildman–Crippen MR) is 104 cm³/mol. The van der Waals surface area contributed by atoms with Crippen molar-refractivity contribution in [3.63, 3.8) is 0 Å². The molecule has 1 amide bonds. The quantitative estimate of drug-likeness (QED) is 0.817. The molecule has 2 heterocycles. The second-order valence-electron chi connectivity index (χ2n) is 9.90. The molecule has 0 radical (unpaired) electrons. The second kappa shape index (κ2) is 5.05. The summed E-state index contributed by atoms with van der Waals surface area (Å²) in [7, 11) is 0. The van der Waals surface area contributed by atoms with Gasteiger partial charge in [-0.2, -0.15) is 0 Å². The van der Waals surface area contributed by atoms with Crippen LogP contribution in [0.2, 0.25) is 0 Å². The lowest BCUT2D eigenvalue weighted by Crippen LogP contribution is -2.51. The summed E-state index contributed by atoms with van der Waals surface area (Å²) in [4.78, 5) is 16.0. The maximum absolute atomic E-state index is 13.8. The highest BCUT2D eigenvalue weighted by Crippen LogP contribution is 2.80. The van der Waals surface area contributed by atoms with E-state index in [-0.39, 0.29) is 40.7 Å². The molecule has 1 aromatic rings. The summed E-state index contributed by atoms with van der Waals surface area (Å²) in [6, 6.07) is 11.1. The Bertz CT molecular complexity index is 834. The maximum atomic E-state index is 13.8. The van der Waals surface area contributed by atoms with Gasteiger partial charge in [-0.3, -0.25) is 4.79 Å². The van der Waals surface area contributed by atoms with Gasteiger partial charge >= 0.3 is 0 Å². The lowest BCUT2D eigenvalue weighted by molar-refractivity contribution is -0.133. The maximum Gasteiger partial charge on any atom is 0.227 e. The number of fused-ring (bicyclic) bond motifs is 4. The van der Waals surface area contributed by atoms with Crippen LogP contribution in [-0.4, -0.2) is 35.1 Å². The van der Waals surface area contributed by atoms with Crippen LogP contribution in [-0.2, 0) is 10.2 Å². The van der Waals surface area contributed by atoms with E-state index >= 15 is 0 Å². The van der Waals surface area contributed by atoms with Crippen molar-refractivity contribution in [2.24, 2.45) is 28.6 Å². The number of hydrogen-bond acceptors (Lipinski definition) is 2. The van der Waals surface area contributed by atoms with Crippen molar-refractivity contribution in [2.75, 3.05) is 13.2 Å². The molecular formula is C24H29NO2. The molecule has 2 aliphatic heterocycles. The minimum absolute atomic E-state index is 0.0485. The number of carbonyl (C=O) groups excluding carboxylic acids is 1. The van der Waals surface area contributed by atoms with Gasteiger partial charge in [0.25, 0.3) is 0 Å². The number of aliphatic hydroxyl groups is 1. The van der Waals surface area contributed by atoms with Crippen LogP contribution in [0.25, 0.3) is 0 Å². The Morgan fingerprint density at radius 1 is 1.15 bits per heavy atom. The van der Waals surface area contributed by atoms with Crippen molar-refractivity contribution in [3.8, 4) is 0 Å². The molecule has 4 fully saturated rings. The highest BCUT2D eigenvalue weighted by molar-refractivity contribution is 5.87. The van der Waals surface area contributed by atoms with Crippen LogP contribution in [0.3, 0.4) is 0 Å². The average molecular weight is 364 g/mol. The zero-order valence-corrected chi connectivity index (χ0v) is 16.1. The van der Waals surface area contributed by atoms with Crippen LogP contribution in [0.1, 0.15) is 44.6 Å². The van der Waals surface area contributed by atoms with E-state index in [4.69, 9.17) is 0 Å². The molecule has 27 heavy (non-hydrogen) atoms. The zero-order chi connectivity index (χ0) is 18.4. The van der Waals surface area contributed by atoms with Gasteiger partial charge in [0.05, 0.1) is 5.92 Å². The smallest absolute Gasteiger partial charge is 0.227 e. The molecule has 3 heteroatoms. The summed E-state index contributed by atoms with van der Waals surface area (Å²) in [5.41, 5.74) is 1.37. The molecular weight excluding hydrogens is 334 g/mol. The van der Waals surface area contributed by atoms with Crippen molar-refractivity contribution in [1.82, 2.24) is 4.90 Å². The molecule has 0 spiro atoms. The van der Waals surface area contributed by atoms with E-state index in [9.17, 15) is 9.90 Å². The Kier molecular flexibility index (Phi) is 3.06. The fraction of sp³-hybridized carbons (Fsp3) is 0.625. The first kappa shape index (κ1) is 16.4. The van der Waals surface area contributed by atoms with Crippen molar-refractivity contribution < 1.29 is 9.90 Å². The standard InChI is InChI=1S/C24H29NO2/c1-22-10-5-6-11-23(22)12-13-24(22,17-7-3-2-4-8-17)19-18(23)20-16(15-26)9-14-25(20)21(19)27/h2-4,7-8,12-13,16,18-20,26H,5-6,9-11,14-15H2,1H3/t16-,18-,19+,20+,22+,23+,24-/m1/s1. The van der Waals surface area contributed by atoms with E-state index in [1.165, 1.54) is 31.2 Å². The molecule has 0 unspecified atom stereocenters. The molecule has 3 nitrogen and oxygen atoms in total. The summed E-state index contributed by atoms with van der Waals surface area (Å²) in [5, 5.41) is 10.1. The van der Waals surface area contributed by atoms with Gasteiger partial charge in [-0.15, -0.1) is 0 Å². The number of nitrogens with zero attached hydrogens (tertiary/aromatic N) is 1. The SMILES string of the molecule is C[C@]12CCCC[C@@]13C=C[C@@]2(c1ccccc1)[C@@H]1C(=O)N2CC[C@H](CO)[C@H]2[C@@H]13. The van der Waals surface area contributed by atoms with Gasteiger partial charge in [0.2, 0.25) is 5.91 Å². The third-order valence-electron chi connectivity index (χ3n) is 9.53. The molecule has 7 atom stereocenters. The van der Waals surface area contributed by atoms with Gasteiger partial charge in [0.1, 0.15) is 0 Å². The Morgan fingerprint density at radius 3 is 2.70 bits per heavy atom. The topological polar surface area (TPSA) is 40.5 Å². The number of benzene rings is 1. The largest absolute Gasteiger partial charge is 0.396 e. The van der Waals surface area contributed by atoms with E-state index < -0.39 is 0 Å². The third-order valence-corrected chi connectivity index (χ3v) is 9.53. The van der Waals surface area contributed by atoms with Crippen LogP contribution >= 0.6 is 0 Å². The Hall–Kier alpha value is -1.61. The van der Waals surface area contributed by atoms with E-state index in [2.05, 4.69) is 54.3 Å². The van der Waals surface area contributed by atoms with Crippen molar-refractivity contribution in [1.29, 1.82) is 0 Å². The minimum Gasteiger partial charge on any atom is -0.396 e. The summed E-state index contributed by atoms with van der Waals surface area (Å²) in [6.45, 7) is 3.53. The van der Waals surface area contributed by atoms with Crippen LogP contribution in [0, 0.1) is 28.6 Å². The molecule has 0 aromatic heterocycles. The first-order valence-electron chi connectivity index (χ1n) is 10.8. The fourth-order valence-corrected chi connectivity index (χ4v) is 8.56. The first-order valence-corrected chi connectivity index (χ1v) is 10.8. The highest BCUT2D eigenvalue weighted by Gasteiger charge is 2.81. The van der Waals surface area contributed by atoms with Crippen LogP contribution in [0.5, 0.6) is 0 Å². The highest BCUT2D eigenvalue weighted by atomic mass is 16.3. The molecule has 2 saturated heterocycles. The number of allylic oxidation sites excluding steroid dienone is 2. The van der Waals surface area contributed by atoms with E-state index in [1.807, 2.05) is 0 Å². The minimum atomic E-state index is -0.180. The lowest BCUT2D eigenvalue weighted by atomic mass is 9.52. The molecule has 6 rings (SSSR count). The van der Waals surface area contributed by atoms with Gasteiger partial charge in [0.15, 0.2) is 0 Å². The van der Waals surface area contributed by atoms with Crippen LogP contribution in [0.4, 0.5) is 0 Å². The molecule has 1 aromatic carbocycles. The van der Waals surface area contributed by atoms with Gasteiger partial charge in [-0.25, -0.2) is 0 Å². The van der Waals surface area contributed by atoms with Gasteiger partial charge < -0.3 is 10.0 Å². The Labute approximate surface area is 161 Å². The number of carbonyl (C=O) groups is 1. The second-order valence-corrected chi connectivity index (χ2v) is 9.90. The average Bonchev–Trinajstić information content (AvgIpc) is 3.37. The molecule has 3 aliphatic carbocycles. The van der Waals surface area contributed by atoms with Crippen molar-refractivity contribution in [2.45, 2.75) is 50.5 Å². The van der Waals surface area contributed by atoms with Gasteiger partial charge in [-0.05, 0) is 30.2 Å². The molecule has 142 valence electrons. The molecule has 1 N–H and O–H groups in total. The molecule has 2 bridgehead atoms. The summed E-state index contributed by atoms with van der Waals surface area (Å²) in [6.07, 6.45) is 10.9. The van der Waals surface area contributed by atoms with E-state index in [1.54, 1.807) is 0 Å². The van der Waals surface area contributed by atoms with E-state index in [0.717, 1.165) is 13.0 Å². The van der Waals surface area contributed by atoms with Crippen LogP contribution < -0.4 is 0 Å². The van der Waals surface area contributed by atoms with Gasteiger partial charge in [-0.1, -0.05) is 62.2 Å². The Morgan fingerprint density at radius 2 is 1.93 bits per heavy atom. The summed E-state index contributed by atoms with van der Waals surface area (Å²) >= 11 is 0. The summed E-state index contributed by atoms with van der Waals surface area (Å²) in [5.74, 6) is 1.03. The number of hydrogen-bond donors (Lipinski definition) is 1. The van der Waals surface area contributed by atoms with Crippen LogP contribution in [0.15, 0.2) is 42.5 Å². The van der Waals surface area contributed by atoms with Crippen molar-refractivity contribution >= 4 is 5.91 Å². The molecule has 5 aliphatic rings. The fourth-order valence-electron chi connectivity index (χ4n) is 8.56. The third kappa shape index (κ3) is 1.53.